The molecule has 0 radical (unpaired) electrons. The van der Waals surface area contributed by atoms with Crippen molar-refractivity contribution in [3.05, 3.63) is 35.7 Å². The van der Waals surface area contributed by atoms with Crippen molar-refractivity contribution >= 4 is 17.7 Å². The number of nitrogen functional groups attached to an aromatic ring is 1. The lowest BCUT2D eigenvalue weighted by Crippen LogP contribution is -2.00. The summed E-state index contributed by atoms with van der Waals surface area (Å²) in [5.41, 5.74) is 6.79. The summed E-state index contributed by atoms with van der Waals surface area (Å²) in [7, 11) is 0. The molecule has 0 spiro atoms. The van der Waals surface area contributed by atoms with Crippen molar-refractivity contribution in [3.63, 3.8) is 0 Å². The summed E-state index contributed by atoms with van der Waals surface area (Å²) in [6.45, 7) is 3.86. The average molecular weight is 232 g/mol. The second-order valence-electron chi connectivity index (χ2n) is 3.44. The Balaban J connectivity index is 2.23. The number of nitrogens with two attached hydrogens (primary N) is 1. The zero-order valence-electron chi connectivity index (χ0n) is 9.14. The molecule has 5 heteroatoms. The van der Waals surface area contributed by atoms with Crippen LogP contribution in [0.5, 0.6) is 0 Å². The summed E-state index contributed by atoms with van der Waals surface area (Å²) in [6.07, 6.45) is 0. The number of anilines is 1. The maximum atomic E-state index is 5.56. The van der Waals surface area contributed by atoms with E-state index in [2.05, 4.69) is 34.0 Å². The van der Waals surface area contributed by atoms with Crippen LogP contribution in [-0.4, -0.2) is 15.0 Å². The van der Waals surface area contributed by atoms with E-state index in [0.29, 0.717) is 11.0 Å². The first kappa shape index (κ1) is 10.9. The second kappa shape index (κ2) is 4.49. The Bertz CT molecular complexity index is 476. The van der Waals surface area contributed by atoms with E-state index in [1.165, 1.54) is 17.3 Å². The van der Waals surface area contributed by atoms with Crippen LogP contribution in [0.1, 0.15) is 11.4 Å². The molecule has 2 aromatic rings. The molecule has 0 fully saturated rings. The highest BCUT2D eigenvalue weighted by Crippen LogP contribution is 2.24. The van der Waals surface area contributed by atoms with E-state index < -0.39 is 0 Å². The van der Waals surface area contributed by atoms with Gasteiger partial charge in [-0.2, -0.15) is 9.97 Å². The first-order valence-corrected chi connectivity index (χ1v) is 5.68. The minimum absolute atomic E-state index is 0.266. The summed E-state index contributed by atoms with van der Waals surface area (Å²) in [5, 5.41) is 0.633. The van der Waals surface area contributed by atoms with E-state index in [0.717, 1.165) is 4.90 Å². The molecular formula is C11H12N4S. The van der Waals surface area contributed by atoms with Crippen LogP contribution in [0.3, 0.4) is 0 Å². The summed E-state index contributed by atoms with van der Waals surface area (Å²) < 4.78 is 0. The third kappa shape index (κ3) is 2.70. The molecule has 0 saturated heterocycles. The lowest BCUT2D eigenvalue weighted by atomic mass is 10.2. The van der Waals surface area contributed by atoms with Gasteiger partial charge in [0.1, 0.15) is 5.82 Å². The zero-order valence-corrected chi connectivity index (χ0v) is 9.95. The fraction of sp³-hybridized carbons (Fsp3) is 0.182. The van der Waals surface area contributed by atoms with Gasteiger partial charge < -0.3 is 5.73 Å². The van der Waals surface area contributed by atoms with Gasteiger partial charge in [-0.25, -0.2) is 4.98 Å². The van der Waals surface area contributed by atoms with E-state index in [-0.39, 0.29) is 5.95 Å². The Kier molecular flexibility index (Phi) is 3.05. The number of rotatable bonds is 2. The number of hydrogen-bond donors (Lipinski definition) is 1. The third-order valence-electron chi connectivity index (χ3n) is 1.97. The normalized spacial score (nSPS) is 10.4. The van der Waals surface area contributed by atoms with Crippen LogP contribution in [0.25, 0.3) is 0 Å². The van der Waals surface area contributed by atoms with Crippen LogP contribution in [0.2, 0.25) is 0 Å². The van der Waals surface area contributed by atoms with Crippen molar-refractivity contribution in [3.8, 4) is 0 Å². The Morgan fingerprint density at radius 2 is 1.69 bits per heavy atom. The van der Waals surface area contributed by atoms with Gasteiger partial charge in [-0.15, -0.1) is 0 Å². The van der Waals surface area contributed by atoms with Crippen molar-refractivity contribution < 1.29 is 0 Å². The van der Waals surface area contributed by atoms with Gasteiger partial charge in [0, 0.05) is 4.90 Å². The Morgan fingerprint density at radius 1 is 1.00 bits per heavy atom. The van der Waals surface area contributed by atoms with Gasteiger partial charge >= 0.3 is 0 Å². The van der Waals surface area contributed by atoms with Crippen molar-refractivity contribution in [1.82, 2.24) is 15.0 Å². The molecule has 2 rings (SSSR count). The van der Waals surface area contributed by atoms with Gasteiger partial charge in [0.05, 0.1) is 0 Å². The molecule has 0 unspecified atom stereocenters. The fourth-order valence-electron chi connectivity index (χ4n) is 1.23. The summed E-state index contributed by atoms with van der Waals surface area (Å²) >= 11 is 1.48. The largest absolute Gasteiger partial charge is 0.368 e. The number of aryl methyl sites for hydroxylation is 2. The molecule has 4 nitrogen and oxygen atoms in total. The molecule has 0 bridgehead atoms. The van der Waals surface area contributed by atoms with Gasteiger partial charge in [0.2, 0.25) is 5.95 Å². The van der Waals surface area contributed by atoms with E-state index in [4.69, 9.17) is 5.73 Å². The smallest absolute Gasteiger partial charge is 0.224 e. The highest BCUT2D eigenvalue weighted by Gasteiger charge is 2.03. The van der Waals surface area contributed by atoms with Gasteiger partial charge in [-0.3, -0.25) is 0 Å². The molecule has 1 heterocycles. The van der Waals surface area contributed by atoms with Gasteiger partial charge in [-0.1, -0.05) is 17.7 Å². The van der Waals surface area contributed by atoms with E-state index >= 15 is 0 Å². The van der Waals surface area contributed by atoms with Gasteiger partial charge in [0.15, 0.2) is 5.16 Å². The van der Waals surface area contributed by atoms with Crippen LogP contribution < -0.4 is 5.73 Å². The molecular weight excluding hydrogens is 220 g/mol. The van der Waals surface area contributed by atoms with Crippen molar-refractivity contribution in [2.45, 2.75) is 23.9 Å². The molecule has 16 heavy (non-hydrogen) atoms. The van der Waals surface area contributed by atoms with Gasteiger partial charge in [0.25, 0.3) is 0 Å². The van der Waals surface area contributed by atoms with Crippen molar-refractivity contribution in [2.24, 2.45) is 0 Å². The Morgan fingerprint density at radius 3 is 2.31 bits per heavy atom. The van der Waals surface area contributed by atoms with Crippen LogP contribution in [0.15, 0.2) is 34.3 Å². The molecule has 0 amide bonds. The van der Waals surface area contributed by atoms with Crippen LogP contribution in [0, 0.1) is 13.8 Å². The van der Waals surface area contributed by atoms with Crippen LogP contribution >= 0.6 is 11.8 Å². The minimum atomic E-state index is 0.266. The molecule has 0 aliphatic carbocycles. The topological polar surface area (TPSA) is 64.7 Å². The molecule has 1 aromatic carbocycles. The molecule has 1 aromatic heterocycles. The Labute approximate surface area is 98.3 Å². The lowest BCUT2D eigenvalue weighted by molar-refractivity contribution is 0.870. The van der Waals surface area contributed by atoms with E-state index in [1.807, 2.05) is 12.1 Å². The highest BCUT2D eigenvalue weighted by atomic mass is 32.2. The van der Waals surface area contributed by atoms with Gasteiger partial charge in [-0.05, 0) is 37.7 Å². The molecule has 0 saturated carbocycles. The van der Waals surface area contributed by atoms with Crippen molar-refractivity contribution in [1.29, 1.82) is 0 Å². The predicted molar refractivity (Wildman–Crippen MR) is 64.3 cm³/mol. The molecule has 0 aliphatic rings. The van der Waals surface area contributed by atoms with Crippen LogP contribution in [0.4, 0.5) is 5.95 Å². The molecule has 82 valence electrons. The summed E-state index contributed by atoms with van der Waals surface area (Å²) in [5.74, 6) is 0.907. The summed E-state index contributed by atoms with van der Waals surface area (Å²) in [6, 6.07) is 8.18. The number of benzene rings is 1. The maximum absolute atomic E-state index is 5.56. The van der Waals surface area contributed by atoms with Crippen LogP contribution in [-0.2, 0) is 0 Å². The number of hydrogen-bond acceptors (Lipinski definition) is 5. The van der Waals surface area contributed by atoms with Crippen molar-refractivity contribution in [2.75, 3.05) is 5.73 Å². The molecule has 2 N–H and O–H groups in total. The predicted octanol–water partition coefficient (Wildman–Crippen LogP) is 2.22. The average Bonchev–Trinajstić information content (AvgIpc) is 2.20. The summed E-state index contributed by atoms with van der Waals surface area (Å²) in [4.78, 5) is 13.3. The Hall–Kier alpha value is -1.62. The maximum Gasteiger partial charge on any atom is 0.224 e. The quantitative estimate of drug-likeness (QED) is 0.860. The monoisotopic (exact) mass is 232 g/mol. The SMILES string of the molecule is Cc1ccc(Sc2nc(C)nc(N)n2)cc1. The fourth-order valence-corrected chi connectivity index (χ4v) is 2.03. The highest BCUT2D eigenvalue weighted by molar-refractivity contribution is 7.99. The second-order valence-corrected chi connectivity index (χ2v) is 4.48. The van der Waals surface area contributed by atoms with E-state index in [1.54, 1.807) is 6.92 Å². The number of nitrogens with zero attached hydrogens (tertiary/aromatic N) is 3. The zero-order chi connectivity index (χ0) is 11.5. The first-order chi connectivity index (χ1) is 7.63. The minimum Gasteiger partial charge on any atom is -0.368 e. The standard InChI is InChI=1S/C11H12N4S/c1-7-3-5-9(6-4-7)16-11-14-8(2)13-10(12)15-11/h3-6H,1-2H3,(H2,12,13,14,15). The molecule has 0 aliphatic heterocycles. The van der Waals surface area contributed by atoms with E-state index in [9.17, 15) is 0 Å². The number of aromatic nitrogens is 3. The third-order valence-corrected chi connectivity index (χ3v) is 2.85. The first-order valence-electron chi connectivity index (χ1n) is 4.86. The molecule has 0 atom stereocenters. The lowest BCUT2D eigenvalue weighted by Gasteiger charge is -2.02.